The van der Waals surface area contributed by atoms with Crippen LogP contribution in [0, 0.1) is 10.1 Å². The fraction of sp³-hybridized carbons (Fsp3) is 0.0870. The molecule has 34 heavy (non-hydrogen) atoms. The summed E-state index contributed by atoms with van der Waals surface area (Å²) in [5.41, 5.74) is 1.13. The van der Waals surface area contributed by atoms with E-state index in [0.717, 1.165) is 5.56 Å². The van der Waals surface area contributed by atoms with E-state index in [0.29, 0.717) is 32.1 Å². The Hall–Kier alpha value is -3.89. The second-order valence-corrected chi connectivity index (χ2v) is 8.83. The number of benzene rings is 3. The quantitative estimate of drug-likeness (QED) is 0.426. The number of nitrogens with zero attached hydrogens (tertiary/aromatic N) is 4. The van der Waals surface area contributed by atoms with Gasteiger partial charge in [0.15, 0.2) is 17.1 Å². The number of fused-ring (bicyclic) bond motifs is 2. The maximum Gasteiger partial charge on any atom is 0.311 e. The summed E-state index contributed by atoms with van der Waals surface area (Å²) in [6.45, 7) is 0. The van der Waals surface area contributed by atoms with Crippen molar-refractivity contribution in [2.75, 3.05) is 0 Å². The molecule has 0 aliphatic carbocycles. The molecule has 9 nitrogen and oxygen atoms in total. The summed E-state index contributed by atoms with van der Waals surface area (Å²) in [5.74, 6) is -0.340. The van der Waals surface area contributed by atoms with Crippen LogP contribution in [0.2, 0.25) is 5.02 Å². The smallest absolute Gasteiger partial charge is 0.311 e. The number of hydrazone groups is 1. The summed E-state index contributed by atoms with van der Waals surface area (Å²) in [7, 11) is 0. The average molecular weight is 494 g/mol. The third-order valence-corrected chi connectivity index (χ3v) is 6.61. The molecule has 1 atom stereocenters. The molecule has 0 radical (unpaired) electrons. The average Bonchev–Trinajstić information content (AvgIpc) is 2.83. The Labute approximate surface area is 202 Å². The van der Waals surface area contributed by atoms with Crippen LogP contribution in [0.25, 0.3) is 5.70 Å². The number of thioether (sulfide) groups is 1. The van der Waals surface area contributed by atoms with Gasteiger partial charge in [-0.2, -0.15) is 0 Å². The van der Waals surface area contributed by atoms with Crippen LogP contribution >= 0.6 is 23.4 Å². The van der Waals surface area contributed by atoms with E-state index in [1.165, 1.54) is 35.0 Å². The normalized spacial score (nSPS) is 16.7. The summed E-state index contributed by atoms with van der Waals surface area (Å²) in [6.07, 6.45) is -0.842. The minimum atomic E-state index is -0.842. The summed E-state index contributed by atoms with van der Waals surface area (Å²) >= 11 is 7.55. The number of aromatic hydroxyl groups is 1. The number of rotatable bonds is 4. The molecule has 11 heteroatoms. The molecule has 5 rings (SSSR count). The molecule has 2 heterocycles. The van der Waals surface area contributed by atoms with E-state index in [1.54, 1.807) is 30.3 Å². The first-order chi connectivity index (χ1) is 16.4. The van der Waals surface area contributed by atoms with Gasteiger partial charge in [-0.05, 0) is 23.8 Å². The van der Waals surface area contributed by atoms with Gasteiger partial charge in [0.25, 0.3) is 5.91 Å². The van der Waals surface area contributed by atoms with Gasteiger partial charge >= 0.3 is 5.69 Å². The fourth-order valence-corrected chi connectivity index (χ4v) is 4.85. The number of amides is 1. The van der Waals surface area contributed by atoms with Crippen molar-refractivity contribution in [2.45, 2.75) is 11.9 Å². The first-order valence-electron chi connectivity index (χ1n) is 10.1. The maximum absolute atomic E-state index is 13.2. The van der Waals surface area contributed by atoms with Crippen molar-refractivity contribution in [2.24, 2.45) is 10.1 Å². The monoisotopic (exact) mass is 493 g/mol. The summed E-state index contributed by atoms with van der Waals surface area (Å²) in [4.78, 5) is 28.6. The van der Waals surface area contributed by atoms with Crippen molar-refractivity contribution >= 4 is 45.8 Å². The number of carbonyl (C=O) groups excluding carboxylic acids is 1. The molecule has 0 spiro atoms. The van der Waals surface area contributed by atoms with Gasteiger partial charge in [0.05, 0.1) is 10.3 Å². The Bertz CT molecular complexity index is 1490. The molecule has 0 aromatic heterocycles. The molecule has 0 saturated carbocycles. The second kappa shape index (κ2) is 8.81. The van der Waals surface area contributed by atoms with Crippen molar-refractivity contribution in [3.63, 3.8) is 0 Å². The first-order valence-corrected chi connectivity index (χ1v) is 11.5. The predicted molar refractivity (Wildman–Crippen MR) is 128 cm³/mol. The topological polar surface area (TPSA) is 120 Å². The number of phenolic OH excluding ortho intramolecular Hbond substituents is 1. The van der Waals surface area contributed by atoms with Crippen LogP contribution in [-0.4, -0.2) is 26.1 Å². The fourth-order valence-electron chi connectivity index (χ4n) is 3.72. The van der Waals surface area contributed by atoms with E-state index in [9.17, 15) is 20.0 Å². The lowest BCUT2D eigenvalue weighted by atomic mass is 10.1. The number of amidine groups is 1. The van der Waals surface area contributed by atoms with Gasteiger partial charge in [0.1, 0.15) is 5.70 Å². The van der Waals surface area contributed by atoms with Gasteiger partial charge in [-0.3, -0.25) is 25.2 Å². The number of nitrogens with one attached hydrogen (secondary N) is 1. The number of halogens is 1. The lowest BCUT2D eigenvalue weighted by molar-refractivity contribution is -0.386. The number of phenols is 1. The van der Waals surface area contributed by atoms with E-state index in [-0.39, 0.29) is 11.6 Å². The highest BCUT2D eigenvalue weighted by Gasteiger charge is 2.35. The Morgan fingerprint density at radius 3 is 2.71 bits per heavy atom. The molecule has 2 aliphatic heterocycles. The molecule has 0 saturated heterocycles. The van der Waals surface area contributed by atoms with Gasteiger partial charge in [-0.15, -0.1) is 5.10 Å². The zero-order valence-corrected chi connectivity index (χ0v) is 19.0. The van der Waals surface area contributed by atoms with Crippen LogP contribution in [0.5, 0.6) is 5.75 Å². The highest BCUT2D eigenvalue weighted by Crippen LogP contribution is 2.35. The molecule has 1 unspecified atom stereocenters. The Morgan fingerprint density at radius 2 is 1.91 bits per heavy atom. The maximum atomic E-state index is 13.2. The van der Waals surface area contributed by atoms with Crippen molar-refractivity contribution in [3.8, 4) is 5.75 Å². The zero-order chi connectivity index (χ0) is 23.8. The van der Waals surface area contributed by atoms with Crippen LogP contribution in [0.4, 0.5) is 5.69 Å². The van der Waals surface area contributed by atoms with Gasteiger partial charge in [-0.1, -0.05) is 65.8 Å². The van der Waals surface area contributed by atoms with Crippen molar-refractivity contribution in [3.05, 3.63) is 104 Å². The minimum Gasteiger partial charge on any atom is -0.502 e. The predicted octanol–water partition coefficient (Wildman–Crippen LogP) is 3.03. The van der Waals surface area contributed by atoms with Crippen LogP contribution in [-0.2, 0) is 10.5 Å². The van der Waals surface area contributed by atoms with Gasteiger partial charge in [0.2, 0.25) is 0 Å². The van der Waals surface area contributed by atoms with Gasteiger partial charge in [-0.25, -0.2) is 5.01 Å². The standard InChI is InChI=1S/C23H16ClN5O4S/c24-16-7-3-1-5-14(16)12-34-23-26-22(31)20-15-6-2-4-8-17(15)25-21(28(20)27-23)13-9-10-19(30)18(11-13)29(32)33/h1-11,21,30H,12H2,(H,26,27,31). The van der Waals surface area contributed by atoms with Gasteiger partial charge in [0, 0.05) is 27.6 Å². The van der Waals surface area contributed by atoms with E-state index in [4.69, 9.17) is 16.6 Å². The largest absolute Gasteiger partial charge is 0.502 e. The minimum absolute atomic E-state index is 0.286. The highest BCUT2D eigenvalue weighted by molar-refractivity contribution is 8.13. The number of nitro groups is 1. The number of hydrogen-bond donors (Lipinski definition) is 2. The lowest BCUT2D eigenvalue weighted by Crippen LogP contribution is -2.50. The SMILES string of the molecule is O=C1NC(SCc2ccccc2Cl)=NN2C1=c1ccccc1=NC2c1ccc(O)c([N+](=O)[O-])c1. The summed E-state index contributed by atoms with van der Waals surface area (Å²) < 4.78 is 0. The molecule has 1 amide bonds. The molecule has 0 bridgehead atoms. The number of nitro benzene ring substituents is 1. The van der Waals surface area contributed by atoms with Crippen LogP contribution in [0.15, 0.2) is 76.8 Å². The van der Waals surface area contributed by atoms with Crippen molar-refractivity contribution < 1.29 is 14.8 Å². The number of hydrogen-bond acceptors (Lipinski definition) is 8. The Morgan fingerprint density at radius 1 is 1.15 bits per heavy atom. The van der Waals surface area contributed by atoms with Crippen LogP contribution in [0.1, 0.15) is 17.3 Å². The zero-order valence-electron chi connectivity index (χ0n) is 17.4. The second-order valence-electron chi connectivity index (χ2n) is 7.46. The molecule has 2 aliphatic rings. The van der Waals surface area contributed by atoms with Crippen molar-refractivity contribution in [1.82, 2.24) is 10.3 Å². The van der Waals surface area contributed by atoms with E-state index in [2.05, 4.69) is 10.4 Å². The molecule has 170 valence electrons. The third-order valence-electron chi connectivity index (χ3n) is 5.33. The van der Waals surface area contributed by atoms with Crippen LogP contribution < -0.4 is 15.9 Å². The van der Waals surface area contributed by atoms with E-state index < -0.39 is 22.5 Å². The first kappa shape index (κ1) is 21.9. The highest BCUT2D eigenvalue weighted by atomic mass is 35.5. The number of carbonyl (C=O) groups is 1. The molecular formula is C23H16ClN5O4S. The van der Waals surface area contributed by atoms with E-state index >= 15 is 0 Å². The molecule has 2 N–H and O–H groups in total. The summed E-state index contributed by atoms with van der Waals surface area (Å²) in [5, 5.41) is 32.3. The molecule has 0 fully saturated rings. The number of para-hydroxylation sites is 1. The van der Waals surface area contributed by atoms with Crippen LogP contribution in [0.3, 0.4) is 0 Å². The third kappa shape index (κ3) is 3.97. The Kier molecular flexibility index (Phi) is 5.68. The van der Waals surface area contributed by atoms with Gasteiger partial charge < -0.3 is 5.11 Å². The molecular weight excluding hydrogens is 478 g/mol. The lowest BCUT2D eigenvalue weighted by Gasteiger charge is -2.34. The molecule has 3 aromatic rings. The Balaban J connectivity index is 1.59. The van der Waals surface area contributed by atoms with Crippen molar-refractivity contribution in [1.29, 1.82) is 0 Å². The van der Waals surface area contributed by atoms with E-state index in [1.807, 2.05) is 18.2 Å². The molecule has 3 aromatic carbocycles. The summed E-state index contributed by atoms with van der Waals surface area (Å²) in [6, 6.07) is 18.5.